The topological polar surface area (TPSA) is 49.9 Å². The molecule has 2 aromatic carbocycles. The van der Waals surface area contributed by atoms with E-state index in [1.807, 2.05) is 35.2 Å². The van der Waals surface area contributed by atoms with Gasteiger partial charge in [-0.15, -0.1) is 11.3 Å². The number of nitrogens with zero attached hydrogens (tertiary/aromatic N) is 2. The summed E-state index contributed by atoms with van der Waals surface area (Å²) in [6, 6.07) is 21.2. The predicted octanol–water partition coefficient (Wildman–Crippen LogP) is 5.54. The lowest BCUT2D eigenvalue weighted by Gasteiger charge is -2.28. The first-order chi connectivity index (χ1) is 16.0. The Balaban J connectivity index is 1.79. The summed E-state index contributed by atoms with van der Waals surface area (Å²) >= 11 is 1.70. The lowest BCUT2D eigenvalue weighted by molar-refractivity contribution is -0.133. The highest BCUT2D eigenvalue weighted by atomic mass is 32.1. The maximum Gasteiger partial charge on any atom is 0.254 e. The molecule has 3 rings (SSSR count). The van der Waals surface area contributed by atoms with Crippen LogP contribution in [0.2, 0.25) is 0 Å². The molecule has 5 nitrogen and oxygen atoms in total. The lowest BCUT2D eigenvalue weighted by atomic mass is 10.1. The van der Waals surface area contributed by atoms with Gasteiger partial charge in [0.25, 0.3) is 5.91 Å². The van der Waals surface area contributed by atoms with Crippen molar-refractivity contribution in [3.63, 3.8) is 0 Å². The van der Waals surface area contributed by atoms with Crippen molar-refractivity contribution >= 4 is 23.2 Å². The summed E-state index contributed by atoms with van der Waals surface area (Å²) in [6.45, 7) is 5.79. The number of carbonyl (C=O) groups is 2. The lowest BCUT2D eigenvalue weighted by Crippen LogP contribution is -2.42. The minimum Gasteiger partial charge on any atom is -0.497 e. The molecule has 0 spiro atoms. The van der Waals surface area contributed by atoms with Crippen LogP contribution >= 0.6 is 11.3 Å². The van der Waals surface area contributed by atoms with Gasteiger partial charge in [0, 0.05) is 28.4 Å². The van der Waals surface area contributed by atoms with Gasteiger partial charge in [0.1, 0.15) is 12.3 Å². The molecule has 0 saturated carbocycles. The number of amides is 2. The molecular formula is C27H32N2O3S. The largest absolute Gasteiger partial charge is 0.497 e. The summed E-state index contributed by atoms with van der Waals surface area (Å²) in [6.07, 6.45) is 1.79. The van der Waals surface area contributed by atoms with E-state index < -0.39 is 0 Å². The van der Waals surface area contributed by atoms with E-state index in [9.17, 15) is 9.59 Å². The fourth-order valence-corrected chi connectivity index (χ4v) is 4.48. The van der Waals surface area contributed by atoms with Gasteiger partial charge >= 0.3 is 0 Å². The van der Waals surface area contributed by atoms with Gasteiger partial charge in [0.15, 0.2) is 0 Å². The van der Waals surface area contributed by atoms with Crippen LogP contribution in [0.15, 0.2) is 66.7 Å². The zero-order chi connectivity index (χ0) is 23.6. The summed E-state index contributed by atoms with van der Waals surface area (Å²) < 4.78 is 5.20. The predicted molar refractivity (Wildman–Crippen MR) is 134 cm³/mol. The van der Waals surface area contributed by atoms with E-state index in [-0.39, 0.29) is 18.4 Å². The number of aryl methyl sites for hydroxylation is 1. The van der Waals surface area contributed by atoms with Crippen molar-refractivity contribution in [2.45, 2.75) is 39.8 Å². The molecule has 1 aromatic heterocycles. The number of rotatable bonds is 11. The molecule has 0 N–H and O–H groups in total. The number of hydrogen-bond donors (Lipinski definition) is 0. The third kappa shape index (κ3) is 7.19. The Labute approximate surface area is 200 Å². The number of carbonyl (C=O) groups excluding carboxylic acids is 2. The first kappa shape index (κ1) is 24.5. The molecule has 0 bridgehead atoms. The molecule has 0 aliphatic heterocycles. The highest BCUT2D eigenvalue weighted by Crippen LogP contribution is 2.20. The average molecular weight is 465 g/mol. The number of hydrogen-bond acceptors (Lipinski definition) is 4. The van der Waals surface area contributed by atoms with Crippen molar-refractivity contribution in [3.05, 3.63) is 87.6 Å². The Hall–Kier alpha value is -3.12. The molecule has 6 heteroatoms. The van der Waals surface area contributed by atoms with Gasteiger partial charge in [0.2, 0.25) is 5.91 Å². The number of benzene rings is 2. The minimum atomic E-state index is -0.133. The molecule has 0 unspecified atom stereocenters. The van der Waals surface area contributed by atoms with Gasteiger partial charge in [-0.1, -0.05) is 43.7 Å². The summed E-state index contributed by atoms with van der Waals surface area (Å²) in [5.74, 6) is 0.511. The van der Waals surface area contributed by atoms with Crippen molar-refractivity contribution < 1.29 is 14.3 Å². The quantitative estimate of drug-likeness (QED) is 0.375. The second kappa shape index (κ2) is 12.2. The van der Waals surface area contributed by atoms with E-state index in [0.717, 1.165) is 23.3 Å². The molecule has 0 aliphatic rings. The van der Waals surface area contributed by atoms with Crippen molar-refractivity contribution in [2.75, 3.05) is 20.2 Å². The second-order valence-electron chi connectivity index (χ2n) is 8.06. The number of ether oxygens (including phenoxy) is 1. The highest BCUT2D eigenvalue weighted by Gasteiger charge is 2.23. The van der Waals surface area contributed by atoms with Crippen LogP contribution in [0.3, 0.4) is 0 Å². The van der Waals surface area contributed by atoms with Crippen molar-refractivity contribution in [2.24, 2.45) is 0 Å². The van der Waals surface area contributed by atoms with E-state index in [1.54, 1.807) is 47.6 Å². The molecule has 0 saturated heterocycles. The molecule has 2 amide bonds. The van der Waals surface area contributed by atoms with Crippen LogP contribution in [0.1, 0.15) is 45.4 Å². The van der Waals surface area contributed by atoms with Crippen LogP contribution < -0.4 is 4.74 Å². The first-order valence-electron chi connectivity index (χ1n) is 11.3. The second-order valence-corrected chi connectivity index (χ2v) is 9.43. The Morgan fingerprint density at radius 1 is 0.909 bits per heavy atom. The number of unbranched alkanes of at least 4 members (excludes halogenated alkanes) is 1. The van der Waals surface area contributed by atoms with E-state index >= 15 is 0 Å². The monoisotopic (exact) mass is 464 g/mol. The molecule has 174 valence electrons. The molecule has 3 aromatic rings. The molecule has 1 heterocycles. The standard InChI is InChI=1S/C27H32N2O3S/c1-4-5-17-28(27(31)23-12-14-24(32-3)15-13-23)20-26(30)29(18-22-9-7-6-8-10-22)19-25-16-11-21(2)33-25/h6-16H,4-5,17-20H2,1-3H3. The van der Waals surface area contributed by atoms with E-state index in [4.69, 9.17) is 4.74 Å². The van der Waals surface area contributed by atoms with Crippen LogP contribution in [0.5, 0.6) is 5.75 Å². The number of methoxy groups -OCH3 is 1. The maximum atomic E-state index is 13.5. The van der Waals surface area contributed by atoms with Gasteiger partial charge < -0.3 is 14.5 Å². The van der Waals surface area contributed by atoms with Gasteiger partial charge in [-0.3, -0.25) is 9.59 Å². The summed E-state index contributed by atoms with van der Waals surface area (Å²) in [5.41, 5.74) is 1.63. The van der Waals surface area contributed by atoms with Crippen LogP contribution in [0, 0.1) is 6.92 Å². The summed E-state index contributed by atoms with van der Waals surface area (Å²) in [7, 11) is 1.60. The van der Waals surface area contributed by atoms with E-state index in [0.29, 0.717) is 30.9 Å². The Morgan fingerprint density at radius 3 is 2.24 bits per heavy atom. The highest BCUT2D eigenvalue weighted by molar-refractivity contribution is 7.11. The fraction of sp³-hybridized carbons (Fsp3) is 0.333. The van der Waals surface area contributed by atoms with Gasteiger partial charge in [-0.25, -0.2) is 0 Å². The van der Waals surface area contributed by atoms with Gasteiger partial charge in [-0.2, -0.15) is 0 Å². The summed E-state index contributed by atoms with van der Waals surface area (Å²) in [5, 5.41) is 0. The van der Waals surface area contributed by atoms with Gasteiger partial charge in [0.05, 0.1) is 13.7 Å². The van der Waals surface area contributed by atoms with Crippen molar-refractivity contribution in [1.82, 2.24) is 9.80 Å². The smallest absolute Gasteiger partial charge is 0.254 e. The average Bonchev–Trinajstić information content (AvgIpc) is 3.26. The Bertz CT molecular complexity index is 1030. The molecule has 0 aliphatic carbocycles. The SMILES string of the molecule is CCCCN(CC(=O)N(Cc1ccccc1)Cc1ccc(C)s1)C(=O)c1ccc(OC)cc1. The van der Waals surface area contributed by atoms with Crippen molar-refractivity contribution in [3.8, 4) is 5.75 Å². The third-order valence-corrected chi connectivity index (χ3v) is 6.43. The minimum absolute atomic E-state index is 0.0529. The third-order valence-electron chi connectivity index (χ3n) is 5.44. The zero-order valence-corrected chi connectivity index (χ0v) is 20.4. The van der Waals surface area contributed by atoms with Gasteiger partial charge in [-0.05, 0) is 55.3 Å². The van der Waals surface area contributed by atoms with E-state index in [2.05, 4.69) is 26.0 Å². The van der Waals surface area contributed by atoms with Crippen LogP contribution in [-0.2, 0) is 17.9 Å². The molecule has 0 atom stereocenters. The summed E-state index contributed by atoms with van der Waals surface area (Å²) in [4.78, 5) is 32.6. The fourth-order valence-electron chi connectivity index (χ4n) is 3.58. The molecular weight excluding hydrogens is 432 g/mol. The van der Waals surface area contributed by atoms with E-state index in [1.165, 1.54) is 4.88 Å². The Morgan fingerprint density at radius 2 is 1.64 bits per heavy atom. The first-order valence-corrected chi connectivity index (χ1v) is 12.1. The molecule has 0 fully saturated rings. The number of thiophene rings is 1. The molecule has 33 heavy (non-hydrogen) atoms. The zero-order valence-electron chi connectivity index (χ0n) is 19.6. The maximum absolute atomic E-state index is 13.5. The molecule has 0 radical (unpaired) electrons. The van der Waals surface area contributed by atoms with Crippen LogP contribution in [-0.4, -0.2) is 41.8 Å². The Kier molecular flexibility index (Phi) is 9.07. The normalized spacial score (nSPS) is 10.6. The van der Waals surface area contributed by atoms with Crippen molar-refractivity contribution in [1.29, 1.82) is 0 Å². The van der Waals surface area contributed by atoms with Crippen LogP contribution in [0.25, 0.3) is 0 Å². The van der Waals surface area contributed by atoms with Crippen LogP contribution in [0.4, 0.5) is 0 Å².